The molecule has 3 N–H and O–H groups in total. The molecule has 0 saturated carbocycles. The number of nitrogens with zero attached hydrogens (tertiary/aromatic N) is 1. The molecule has 1 aliphatic rings. The molecule has 3 rings (SSSR count). The number of anilines is 3. The van der Waals surface area contributed by atoms with Crippen LogP contribution in [0.15, 0.2) is 36.4 Å². The minimum absolute atomic E-state index is 0.114. The van der Waals surface area contributed by atoms with Gasteiger partial charge in [0.15, 0.2) is 0 Å². The van der Waals surface area contributed by atoms with Crippen molar-refractivity contribution in [2.45, 2.75) is 6.04 Å². The Labute approximate surface area is 138 Å². The smallest absolute Gasteiger partial charge is 0.149 e. The van der Waals surface area contributed by atoms with Crippen LogP contribution in [0.25, 0.3) is 0 Å². The first-order valence-corrected chi connectivity index (χ1v) is 7.33. The van der Waals surface area contributed by atoms with Gasteiger partial charge in [-0.2, -0.15) is 5.12 Å². The molecule has 0 fully saturated rings. The van der Waals surface area contributed by atoms with Crippen molar-refractivity contribution < 1.29 is 14.0 Å². The van der Waals surface area contributed by atoms with E-state index in [0.29, 0.717) is 33.6 Å². The number of hydrogen-bond acceptors (Lipinski definition) is 5. The maximum Gasteiger partial charge on any atom is 0.149 e. The molecule has 1 aliphatic heterocycles. The highest BCUT2D eigenvalue weighted by atomic mass is 32.1. The molecule has 0 radical (unpaired) electrons. The Morgan fingerprint density at radius 1 is 1.17 bits per heavy atom. The first kappa shape index (κ1) is 15.4. The fraction of sp³-hybridized carbons (Fsp3) is 0.188. The largest absolute Gasteiger partial charge is 0.497 e. The zero-order valence-corrected chi connectivity index (χ0v) is 13.5. The van der Waals surface area contributed by atoms with E-state index in [9.17, 15) is 4.48 Å². The molecule has 2 aromatic rings. The van der Waals surface area contributed by atoms with Crippen LogP contribution in [0.4, 0.5) is 21.5 Å². The van der Waals surface area contributed by atoms with Gasteiger partial charge in [0.25, 0.3) is 0 Å². The van der Waals surface area contributed by atoms with Gasteiger partial charge < -0.3 is 20.5 Å². The van der Waals surface area contributed by atoms with Crippen LogP contribution in [0.1, 0.15) is 11.6 Å². The second-order valence-corrected chi connectivity index (χ2v) is 5.50. The molecule has 0 aliphatic carbocycles. The van der Waals surface area contributed by atoms with Gasteiger partial charge in [0, 0.05) is 23.0 Å². The Kier molecular flexibility index (Phi) is 3.96. The molecule has 1 unspecified atom stereocenters. The lowest BCUT2D eigenvalue weighted by Crippen LogP contribution is -2.23. The molecule has 7 heteroatoms. The summed E-state index contributed by atoms with van der Waals surface area (Å²) in [6.45, 7) is 0. The highest BCUT2D eigenvalue weighted by molar-refractivity contribution is 7.80. The monoisotopic (exact) mass is 333 g/mol. The van der Waals surface area contributed by atoms with Gasteiger partial charge >= 0.3 is 0 Å². The number of hydrogen-bond donors (Lipinski definition) is 2. The first-order valence-electron chi connectivity index (χ1n) is 6.93. The number of nitrogens with one attached hydrogen (secondary N) is 1. The van der Waals surface area contributed by atoms with Crippen LogP contribution in [0.3, 0.4) is 0 Å². The molecule has 23 heavy (non-hydrogen) atoms. The Bertz CT molecular complexity index is 752. The Morgan fingerprint density at radius 2 is 1.87 bits per heavy atom. The summed E-state index contributed by atoms with van der Waals surface area (Å²) in [7, 11) is 3.02. The van der Waals surface area contributed by atoms with Crippen molar-refractivity contribution in [1.82, 2.24) is 0 Å². The van der Waals surface area contributed by atoms with Gasteiger partial charge in [0.1, 0.15) is 28.2 Å². The summed E-state index contributed by atoms with van der Waals surface area (Å²) in [5.74, 6) is 0.939. The van der Waals surface area contributed by atoms with Crippen LogP contribution < -0.4 is 25.6 Å². The predicted octanol–water partition coefficient (Wildman–Crippen LogP) is 3.47. The normalized spacial score (nSPS) is 16.2. The topological polar surface area (TPSA) is 59.8 Å². The van der Waals surface area contributed by atoms with Gasteiger partial charge in [-0.05, 0) is 30.3 Å². The van der Waals surface area contributed by atoms with Gasteiger partial charge in [-0.15, -0.1) is 0 Å². The number of nitrogens with two attached hydrogens (primary N) is 1. The molecule has 0 amide bonds. The third kappa shape index (κ3) is 2.63. The molecular weight excluding hydrogens is 317 g/mol. The van der Waals surface area contributed by atoms with Gasteiger partial charge in [0.05, 0.1) is 14.2 Å². The van der Waals surface area contributed by atoms with Crippen LogP contribution in [0.2, 0.25) is 0 Å². The molecular formula is C16H16FN3O2S. The molecule has 0 saturated heterocycles. The Morgan fingerprint density at radius 3 is 2.48 bits per heavy atom. The summed E-state index contributed by atoms with van der Waals surface area (Å²) in [5, 5.41) is 3.69. The molecule has 1 atom stereocenters. The minimum Gasteiger partial charge on any atom is -0.497 e. The van der Waals surface area contributed by atoms with E-state index in [1.165, 1.54) is 7.11 Å². The Hall–Kier alpha value is -2.54. The number of nitrogen functional groups attached to an aromatic ring is 1. The molecule has 0 aromatic heterocycles. The summed E-state index contributed by atoms with van der Waals surface area (Å²) in [5.41, 5.74) is 8.08. The summed E-state index contributed by atoms with van der Waals surface area (Å²) in [6.07, 6.45) is 0. The van der Waals surface area contributed by atoms with Crippen LogP contribution in [0.5, 0.6) is 11.5 Å². The maximum atomic E-state index is 14.5. The fourth-order valence-corrected chi connectivity index (χ4v) is 2.83. The van der Waals surface area contributed by atoms with Crippen molar-refractivity contribution in [3.8, 4) is 11.5 Å². The van der Waals surface area contributed by atoms with E-state index in [2.05, 4.69) is 5.32 Å². The number of halogens is 1. The van der Waals surface area contributed by atoms with Crippen LogP contribution in [-0.4, -0.2) is 19.2 Å². The van der Waals surface area contributed by atoms with Gasteiger partial charge in [-0.25, -0.2) is 0 Å². The third-order valence-corrected chi connectivity index (χ3v) is 4.10. The fourth-order valence-electron chi connectivity index (χ4n) is 2.55. The second-order valence-electron chi connectivity index (χ2n) is 5.09. The zero-order valence-electron chi connectivity index (χ0n) is 12.7. The summed E-state index contributed by atoms with van der Waals surface area (Å²) >= 11 is 5.25. The van der Waals surface area contributed by atoms with Crippen LogP contribution >= 0.6 is 12.2 Å². The van der Waals surface area contributed by atoms with Crippen LogP contribution in [0, 0.1) is 0 Å². The van der Waals surface area contributed by atoms with Gasteiger partial charge in [-0.3, -0.25) is 0 Å². The lowest BCUT2D eigenvalue weighted by atomic mass is 10.1. The van der Waals surface area contributed by atoms with Crippen molar-refractivity contribution in [1.29, 1.82) is 0 Å². The van der Waals surface area contributed by atoms with Gasteiger partial charge in [0.2, 0.25) is 0 Å². The zero-order chi connectivity index (χ0) is 16.6. The van der Waals surface area contributed by atoms with E-state index in [1.807, 2.05) is 12.1 Å². The predicted molar refractivity (Wildman–Crippen MR) is 92.9 cm³/mol. The summed E-state index contributed by atoms with van der Waals surface area (Å²) in [4.78, 5) is 0.114. The second kappa shape index (κ2) is 5.92. The average Bonchev–Trinajstić information content (AvgIpc) is 2.81. The number of thiocarbonyl (C=S) groups is 1. The van der Waals surface area contributed by atoms with E-state index in [4.69, 9.17) is 27.4 Å². The molecule has 1 heterocycles. The number of benzene rings is 2. The van der Waals surface area contributed by atoms with Crippen molar-refractivity contribution >= 4 is 34.3 Å². The molecule has 2 aromatic carbocycles. The van der Waals surface area contributed by atoms with E-state index >= 15 is 0 Å². The van der Waals surface area contributed by atoms with E-state index in [1.54, 1.807) is 31.4 Å². The number of fused-ring (bicyclic) bond motifs is 1. The minimum atomic E-state index is -0.502. The first-order chi connectivity index (χ1) is 11.0. The number of rotatable bonds is 4. The van der Waals surface area contributed by atoms with E-state index in [-0.39, 0.29) is 4.99 Å². The average molecular weight is 333 g/mol. The summed E-state index contributed by atoms with van der Waals surface area (Å²) < 4.78 is 25.0. The molecule has 0 bridgehead atoms. The lowest BCUT2D eigenvalue weighted by molar-refractivity contribution is 0.391. The van der Waals surface area contributed by atoms with Gasteiger partial charge in [-0.1, -0.05) is 16.7 Å². The highest BCUT2D eigenvalue weighted by Crippen LogP contribution is 2.47. The SMILES string of the molecule is COc1cc(OC)c2c(c1)C(Nc1ccc(N)cc1)C(=S)N2F. The summed E-state index contributed by atoms with van der Waals surface area (Å²) in [6, 6.07) is 10.0. The van der Waals surface area contributed by atoms with Crippen molar-refractivity contribution in [3.05, 3.63) is 42.0 Å². The third-order valence-electron chi connectivity index (χ3n) is 3.70. The molecule has 5 nitrogen and oxygen atoms in total. The van der Waals surface area contributed by atoms with Crippen molar-refractivity contribution in [2.75, 3.05) is 30.4 Å². The molecule has 120 valence electrons. The number of methoxy groups -OCH3 is 2. The lowest BCUT2D eigenvalue weighted by Gasteiger charge is -2.15. The standard InChI is InChI=1S/C16H16FN3O2S/c1-21-11-7-12-14(19-10-5-3-9(18)4-6-10)16(23)20(17)15(12)13(8-11)22-2/h3-8,14,19H,18H2,1-2H3. The maximum absolute atomic E-state index is 14.5. The van der Waals surface area contributed by atoms with Crippen molar-refractivity contribution in [2.24, 2.45) is 0 Å². The van der Waals surface area contributed by atoms with Crippen molar-refractivity contribution in [3.63, 3.8) is 0 Å². The number of ether oxygens (including phenoxy) is 2. The highest BCUT2D eigenvalue weighted by Gasteiger charge is 2.38. The van der Waals surface area contributed by atoms with E-state index < -0.39 is 6.04 Å². The Balaban J connectivity index is 2.03. The quantitative estimate of drug-likeness (QED) is 0.507. The van der Waals surface area contributed by atoms with E-state index in [0.717, 1.165) is 5.69 Å². The van der Waals surface area contributed by atoms with Crippen LogP contribution in [-0.2, 0) is 0 Å². The molecule has 0 spiro atoms.